The maximum atomic E-state index is 12.1. The Labute approximate surface area is 129 Å². The van der Waals surface area contributed by atoms with E-state index in [9.17, 15) is 14.7 Å². The van der Waals surface area contributed by atoms with Gasteiger partial charge in [-0.2, -0.15) is 0 Å². The molecule has 2 N–H and O–H groups in total. The number of aryl methyl sites for hydroxylation is 1. The standard InChI is InChI=1S/C14H22N4O4/c1-17-7-11(16-10-17)3-5-15-13(21)18-6-4-14(8-18,9-22-2)12(19)20/h7,10H,3-6,8-9H2,1-2H3,(H,15,21)(H,19,20). The third kappa shape index (κ3) is 3.56. The average Bonchev–Trinajstić information content (AvgIpc) is 3.07. The van der Waals surface area contributed by atoms with Crippen LogP contribution >= 0.6 is 0 Å². The first-order valence-corrected chi connectivity index (χ1v) is 7.19. The third-order valence-corrected chi connectivity index (χ3v) is 3.93. The van der Waals surface area contributed by atoms with Gasteiger partial charge in [-0.15, -0.1) is 0 Å². The van der Waals surface area contributed by atoms with Gasteiger partial charge in [-0.1, -0.05) is 0 Å². The number of carboxylic acids is 1. The summed E-state index contributed by atoms with van der Waals surface area (Å²) < 4.78 is 6.86. The second-order valence-corrected chi connectivity index (χ2v) is 5.70. The molecule has 2 rings (SSSR count). The zero-order valence-corrected chi connectivity index (χ0v) is 12.9. The summed E-state index contributed by atoms with van der Waals surface area (Å²) in [5, 5.41) is 12.2. The Morgan fingerprint density at radius 2 is 2.32 bits per heavy atom. The minimum atomic E-state index is -0.993. The van der Waals surface area contributed by atoms with Crippen LogP contribution in [-0.2, 0) is 23.0 Å². The summed E-state index contributed by atoms with van der Waals surface area (Å²) in [6.45, 7) is 1.17. The molecule has 2 amide bonds. The van der Waals surface area contributed by atoms with Crippen molar-refractivity contribution >= 4 is 12.0 Å². The van der Waals surface area contributed by atoms with Crippen LogP contribution in [0, 0.1) is 5.41 Å². The van der Waals surface area contributed by atoms with Crippen LogP contribution in [-0.4, -0.2) is 64.9 Å². The molecule has 0 saturated carbocycles. The highest BCUT2D eigenvalue weighted by molar-refractivity contribution is 5.79. The SMILES string of the molecule is COCC1(C(=O)O)CCN(C(=O)NCCc2cn(C)cn2)C1. The quantitative estimate of drug-likeness (QED) is 0.776. The Kier molecular flexibility index (Phi) is 5.02. The summed E-state index contributed by atoms with van der Waals surface area (Å²) in [6, 6.07) is -0.241. The fourth-order valence-corrected chi connectivity index (χ4v) is 2.68. The molecule has 1 atom stereocenters. The van der Waals surface area contributed by atoms with Gasteiger partial charge in [0.05, 0.1) is 18.6 Å². The predicted molar refractivity (Wildman–Crippen MR) is 78.4 cm³/mol. The first-order valence-electron chi connectivity index (χ1n) is 7.19. The molecule has 1 aromatic rings. The molecule has 8 heteroatoms. The number of carbonyl (C=O) groups excluding carboxylic acids is 1. The van der Waals surface area contributed by atoms with Crippen LogP contribution in [0.25, 0.3) is 0 Å². The number of urea groups is 1. The van der Waals surface area contributed by atoms with E-state index < -0.39 is 11.4 Å². The molecule has 0 bridgehead atoms. The van der Waals surface area contributed by atoms with Crippen molar-refractivity contribution in [1.29, 1.82) is 0 Å². The lowest BCUT2D eigenvalue weighted by molar-refractivity contribution is -0.151. The number of hydrogen-bond acceptors (Lipinski definition) is 4. The highest BCUT2D eigenvalue weighted by Gasteiger charge is 2.46. The van der Waals surface area contributed by atoms with Crippen molar-refractivity contribution in [3.63, 3.8) is 0 Å². The zero-order chi connectivity index (χ0) is 16.2. The van der Waals surface area contributed by atoms with Crippen molar-refractivity contribution in [3.8, 4) is 0 Å². The molecule has 0 spiro atoms. The van der Waals surface area contributed by atoms with Crippen LogP contribution in [0.1, 0.15) is 12.1 Å². The van der Waals surface area contributed by atoms with Gasteiger partial charge in [-0.3, -0.25) is 4.79 Å². The van der Waals surface area contributed by atoms with E-state index in [1.54, 1.807) is 6.33 Å². The Morgan fingerprint density at radius 1 is 1.55 bits per heavy atom. The van der Waals surface area contributed by atoms with Gasteiger partial charge in [0.1, 0.15) is 5.41 Å². The Bertz CT molecular complexity index is 545. The van der Waals surface area contributed by atoms with Gasteiger partial charge in [0.15, 0.2) is 0 Å². The van der Waals surface area contributed by atoms with Crippen LogP contribution in [0.15, 0.2) is 12.5 Å². The Balaban J connectivity index is 1.82. The molecule has 8 nitrogen and oxygen atoms in total. The number of methoxy groups -OCH3 is 1. The zero-order valence-electron chi connectivity index (χ0n) is 12.9. The molecule has 122 valence electrons. The number of aliphatic carboxylic acids is 1. The average molecular weight is 310 g/mol. The van der Waals surface area contributed by atoms with Gasteiger partial charge in [0, 0.05) is 46.4 Å². The number of carboxylic acid groups (broad SMARTS) is 1. The number of imidazole rings is 1. The summed E-state index contributed by atoms with van der Waals surface area (Å²) in [4.78, 5) is 29.3. The van der Waals surface area contributed by atoms with E-state index in [-0.39, 0.29) is 19.2 Å². The van der Waals surface area contributed by atoms with Crippen molar-refractivity contribution in [1.82, 2.24) is 19.8 Å². The molecule has 22 heavy (non-hydrogen) atoms. The molecule has 1 aliphatic heterocycles. The maximum Gasteiger partial charge on any atom is 0.317 e. The van der Waals surface area contributed by atoms with Gasteiger partial charge >= 0.3 is 12.0 Å². The van der Waals surface area contributed by atoms with E-state index in [0.717, 1.165) is 5.69 Å². The summed E-state index contributed by atoms with van der Waals surface area (Å²) in [6.07, 6.45) is 4.66. The lowest BCUT2D eigenvalue weighted by Gasteiger charge is -2.23. The number of amides is 2. The number of likely N-dealkylation sites (tertiary alicyclic amines) is 1. The van der Waals surface area contributed by atoms with Crippen molar-refractivity contribution < 1.29 is 19.4 Å². The van der Waals surface area contributed by atoms with Crippen LogP contribution in [0.4, 0.5) is 4.79 Å². The first kappa shape index (κ1) is 16.3. The Morgan fingerprint density at radius 3 is 2.91 bits per heavy atom. The second-order valence-electron chi connectivity index (χ2n) is 5.70. The maximum absolute atomic E-state index is 12.1. The summed E-state index contributed by atoms with van der Waals surface area (Å²) in [5.41, 5.74) is -0.0870. The molecule has 0 aromatic carbocycles. The normalized spacial score (nSPS) is 21.1. The molecular formula is C14H22N4O4. The Hall–Kier alpha value is -2.09. The van der Waals surface area contributed by atoms with Crippen LogP contribution < -0.4 is 5.32 Å². The summed E-state index contributed by atoms with van der Waals surface area (Å²) in [5.74, 6) is -0.918. The molecular weight excluding hydrogens is 288 g/mol. The topological polar surface area (TPSA) is 96.7 Å². The highest BCUT2D eigenvalue weighted by Crippen LogP contribution is 2.31. The number of aromatic nitrogens is 2. The van der Waals surface area contributed by atoms with E-state index in [1.807, 2.05) is 17.8 Å². The van der Waals surface area contributed by atoms with E-state index in [1.165, 1.54) is 12.0 Å². The molecule has 1 saturated heterocycles. The third-order valence-electron chi connectivity index (χ3n) is 3.93. The molecule has 0 aliphatic carbocycles. The smallest absolute Gasteiger partial charge is 0.317 e. The summed E-state index contributed by atoms with van der Waals surface area (Å²) in [7, 11) is 3.36. The van der Waals surface area contributed by atoms with E-state index in [4.69, 9.17) is 4.74 Å². The van der Waals surface area contributed by atoms with E-state index >= 15 is 0 Å². The lowest BCUT2D eigenvalue weighted by atomic mass is 9.88. The first-order chi connectivity index (χ1) is 10.5. The number of rotatable bonds is 6. The lowest BCUT2D eigenvalue weighted by Crippen LogP contribution is -2.43. The molecule has 1 unspecified atom stereocenters. The number of hydrogen-bond donors (Lipinski definition) is 2. The number of nitrogens with zero attached hydrogens (tertiary/aromatic N) is 3. The second kappa shape index (κ2) is 6.78. The van der Waals surface area contributed by atoms with Crippen molar-refractivity contribution in [3.05, 3.63) is 18.2 Å². The fraction of sp³-hybridized carbons (Fsp3) is 0.643. The van der Waals surface area contributed by atoms with Gasteiger partial charge in [0.2, 0.25) is 0 Å². The number of nitrogens with one attached hydrogen (secondary N) is 1. The fourth-order valence-electron chi connectivity index (χ4n) is 2.68. The summed E-state index contributed by atoms with van der Waals surface area (Å²) >= 11 is 0. The molecule has 1 aliphatic rings. The molecule has 1 fully saturated rings. The van der Waals surface area contributed by atoms with Gasteiger partial charge in [-0.25, -0.2) is 9.78 Å². The van der Waals surface area contributed by atoms with Gasteiger partial charge in [0.25, 0.3) is 0 Å². The van der Waals surface area contributed by atoms with Crippen LogP contribution in [0.5, 0.6) is 0 Å². The largest absolute Gasteiger partial charge is 0.481 e. The number of carbonyl (C=O) groups is 2. The van der Waals surface area contributed by atoms with E-state index in [0.29, 0.717) is 25.9 Å². The van der Waals surface area contributed by atoms with Crippen molar-refractivity contribution in [2.24, 2.45) is 12.5 Å². The minimum absolute atomic E-state index is 0.111. The molecule has 2 heterocycles. The molecule has 0 radical (unpaired) electrons. The highest BCUT2D eigenvalue weighted by atomic mass is 16.5. The minimum Gasteiger partial charge on any atom is -0.481 e. The number of ether oxygens (including phenoxy) is 1. The predicted octanol–water partition coefficient (Wildman–Crippen LogP) is 0.0953. The van der Waals surface area contributed by atoms with Gasteiger partial charge in [-0.05, 0) is 6.42 Å². The van der Waals surface area contributed by atoms with E-state index in [2.05, 4.69) is 10.3 Å². The van der Waals surface area contributed by atoms with Crippen molar-refractivity contribution in [2.75, 3.05) is 33.4 Å². The van der Waals surface area contributed by atoms with Crippen LogP contribution in [0.2, 0.25) is 0 Å². The monoisotopic (exact) mass is 310 g/mol. The van der Waals surface area contributed by atoms with Crippen LogP contribution in [0.3, 0.4) is 0 Å². The molecule has 1 aromatic heterocycles. The van der Waals surface area contributed by atoms with Gasteiger partial charge < -0.3 is 24.6 Å². The van der Waals surface area contributed by atoms with Crippen molar-refractivity contribution in [2.45, 2.75) is 12.8 Å².